The highest BCUT2D eigenvalue weighted by Crippen LogP contribution is 2.44. The monoisotopic (exact) mass is 514 g/mol. The molecule has 3 N–H and O–H groups in total. The SMILES string of the molecule is COC(=O)C1=C(C(=O)OC)N(c2ccc([N+](=O)[O-])cc2S(=O)(=O)O)C(N)=C(C#N)C1c1ccccc1. The molecule has 0 bridgehead atoms. The number of allylic oxidation sites excluding steroid dienone is 1. The summed E-state index contributed by atoms with van der Waals surface area (Å²) in [6, 6.07) is 12.2. The molecule has 36 heavy (non-hydrogen) atoms. The topological polar surface area (TPSA) is 203 Å². The average molecular weight is 514 g/mol. The summed E-state index contributed by atoms with van der Waals surface area (Å²) < 4.78 is 43.9. The first-order valence-electron chi connectivity index (χ1n) is 9.89. The fourth-order valence-corrected chi connectivity index (χ4v) is 4.46. The summed E-state index contributed by atoms with van der Waals surface area (Å²) in [5, 5.41) is 21.2. The molecule has 186 valence electrons. The smallest absolute Gasteiger partial charge is 0.355 e. The van der Waals surface area contributed by atoms with Gasteiger partial charge < -0.3 is 15.2 Å². The standard InChI is InChI=1S/C22H18N4O9S/c1-34-21(27)18-17(12-6-4-3-5-7-12)14(11-23)20(24)25(19(18)22(28)35-2)15-9-8-13(26(29)30)10-16(15)36(31,32)33/h3-10,17H,24H2,1-2H3,(H,31,32,33). The molecule has 0 aliphatic carbocycles. The van der Waals surface area contributed by atoms with Crippen LogP contribution in [0.15, 0.2) is 76.1 Å². The van der Waals surface area contributed by atoms with Crippen LogP contribution in [0.2, 0.25) is 0 Å². The molecule has 2 aromatic carbocycles. The summed E-state index contributed by atoms with van der Waals surface area (Å²) in [6.07, 6.45) is 0. The molecule has 0 spiro atoms. The van der Waals surface area contributed by atoms with Crippen LogP contribution in [0, 0.1) is 21.4 Å². The van der Waals surface area contributed by atoms with E-state index in [9.17, 15) is 37.9 Å². The number of rotatable bonds is 6. The first kappa shape index (κ1) is 25.9. The van der Waals surface area contributed by atoms with Crippen molar-refractivity contribution in [2.24, 2.45) is 5.73 Å². The van der Waals surface area contributed by atoms with Crippen LogP contribution in [0.5, 0.6) is 0 Å². The molecule has 1 aliphatic heterocycles. The second kappa shape index (κ2) is 9.86. The number of carbonyl (C=O) groups is 2. The lowest BCUT2D eigenvalue weighted by atomic mass is 9.81. The molecule has 13 nitrogen and oxygen atoms in total. The number of nitrogens with two attached hydrogens (primary N) is 1. The molecule has 3 rings (SSSR count). The normalized spacial score (nSPS) is 15.8. The number of methoxy groups -OCH3 is 2. The average Bonchev–Trinajstić information content (AvgIpc) is 2.86. The van der Waals surface area contributed by atoms with Gasteiger partial charge in [0.15, 0.2) is 0 Å². The fourth-order valence-electron chi connectivity index (χ4n) is 3.77. The van der Waals surface area contributed by atoms with Gasteiger partial charge in [-0.05, 0) is 11.6 Å². The number of non-ortho nitro benzene ring substituents is 1. The van der Waals surface area contributed by atoms with Crippen LogP contribution < -0.4 is 10.6 Å². The van der Waals surface area contributed by atoms with Crippen LogP contribution in [0.25, 0.3) is 0 Å². The van der Waals surface area contributed by atoms with Gasteiger partial charge in [-0.25, -0.2) is 9.59 Å². The van der Waals surface area contributed by atoms with E-state index in [1.807, 2.05) is 6.07 Å². The largest absolute Gasteiger partial charge is 0.466 e. The zero-order chi connectivity index (χ0) is 26.8. The number of ether oxygens (including phenoxy) is 2. The van der Waals surface area contributed by atoms with Crippen LogP contribution in [0.4, 0.5) is 11.4 Å². The number of nitro benzene ring substituents is 1. The third kappa shape index (κ3) is 4.48. The lowest BCUT2D eigenvalue weighted by molar-refractivity contribution is -0.385. The molecule has 0 fully saturated rings. The van der Waals surface area contributed by atoms with Crippen LogP contribution >= 0.6 is 0 Å². The molecule has 1 heterocycles. The molecule has 14 heteroatoms. The Balaban J connectivity index is 2.52. The number of hydrogen-bond donors (Lipinski definition) is 2. The lowest BCUT2D eigenvalue weighted by Gasteiger charge is -2.36. The summed E-state index contributed by atoms with van der Waals surface area (Å²) >= 11 is 0. The summed E-state index contributed by atoms with van der Waals surface area (Å²) in [6.45, 7) is 0. The van der Waals surface area contributed by atoms with E-state index in [0.29, 0.717) is 16.5 Å². The summed E-state index contributed by atoms with van der Waals surface area (Å²) in [7, 11) is -3.14. The van der Waals surface area contributed by atoms with Gasteiger partial charge in [-0.2, -0.15) is 13.7 Å². The van der Waals surface area contributed by atoms with Crippen LogP contribution in [-0.2, 0) is 29.2 Å². The first-order valence-corrected chi connectivity index (χ1v) is 11.3. The maximum atomic E-state index is 13.0. The molecule has 1 atom stereocenters. The number of esters is 2. The van der Waals surface area contributed by atoms with E-state index in [1.54, 1.807) is 30.3 Å². The van der Waals surface area contributed by atoms with Gasteiger partial charge in [0, 0.05) is 12.1 Å². The maximum absolute atomic E-state index is 13.0. The van der Waals surface area contributed by atoms with E-state index in [0.717, 1.165) is 26.4 Å². The zero-order valence-electron chi connectivity index (χ0n) is 18.7. The number of carbonyl (C=O) groups excluding carboxylic acids is 2. The van der Waals surface area contributed by atoms with E-state index in [-0.39, 0.29) is 5.57 Å². The Labute approximate surface area is 204 Å². The van der Waals surface area contributed by atoms with Crippen molar-refractivity contribution < 1.29 is 37.0 Å². The molecule has 0 radical (unpaired) electrons. The van der Waals surface area contributed by atoms with Gasteiger partial charge in [-0.3, -0.25) is 19.6 Å². The summed E-state index contributed by atoms with van der Waals surface area (Å²) in [4.78, 5) is 36.0. The first-order chi connectivity index (χ1) is 17.0. The Morgan fingerprint density at radius 1 is 1.14 bits per heavy atom. The van der Waals surface area contributed by atoms with Crippen LogP contribution in [0.1, 0.15) is 11.5 Å². The van der Waals surface area contributed by atoms with E-state index < -0.39 is 66.3 Å². The number of nitriles is 1. The zero-order valence-corrected chi connectivity index (χ0v) is 19.6. The summed E-state index contributed by atoms with van der Waals surface area (Å²) in [5.41, 5.74) is 4.08. The van der Waals surface area contributed by atoms with E-state index in [1.165, 1.54) is 0 Å². The minimum absolute atomic E-state index is 0.270. The minimum Gasteiger partial charge on any atom is -0.466 e. The molecule has 0 aromatic heterocycles. The van der Waals surface area contributed by atoms with E-state index in [2.05, 4.69) is 0 Å². The van der Waals surface area contributed by atoms with Gasteiger partial charge in [-0.1, -0.05) is 30.3 Å². The molecule has 2 aromatic rings. The van der Waals surface area contributed by atoms with Crippen molar-refractivity contribution in [1.82, 2.24) is 0 Å². The number of hydrogen-bond acceptors (Lipinski definition) is 11. The Morgan fingerprint density at radius 3 is 2.25 bits per heavy atom. The quantitative estimate of drug-likeness (QED) is 0.245. The molecule has 0 saturated carbocycles. The van der Waals surface area contributed by atoms with Gasteiger partial charge in [0.1, 0.15) is 16.4 Å². The van der Waals surface area contributed by atoms with Crippen molar-refractivity contribution in [3.05, 3.63) is 86.9 Å². The number of nitro groups is 1. The molecule has 0 saturated heterocycles. The second-order valence-electron chi connectivity index (χ2n) is 7.22. The highest BCUT2D eigenvalue weighted by molar-refractivity contribution is 7.86. The molecule has 0 amide bonds. The maximum Gasteiger partial charge on any atom is 0.355 e. The Bertz CT molecular complexity index is 1470. The van der Waals surface area contributed by atoms with Crippen LogP contribution in [-0.4, -0.2) is 44.1 Å². The lowest BCUT2D eigenvalue weighted by Crippen LogP contribution is -2.41. The number of nitrogens with zero attached hydrogens (tertiary/aromatic N) is 3. The minimum atomic E-state index is -5.15. The highest BCUT2D eigenvalue weighted by Gasteiger charge is 2.44. The summed E-state index contributed by atoms with van der Waals surface area (Å²) in [5.74, 6) is -3.94. The van der Waals surface area contributed by atoms with Crippen molar-refractivity contribution >= 4 is 33.4 Å². The van der Waals surface area contributed by atoms with Gasteiger partial charge in [0.2, 0.25) is 0 Å². The predicted octanol–water partition coefficient (Wildman–Crippen LogP) is 1.74. The predicted molar refractivity (Wildman–Crippen MR) is 122 cm³/mol. The van der Waals surface area contributed by atoms with Crippen LogP contribution in [0.3, 0.4) is 0 Å². The van der Waals surface area contributed by atoms with E-state index >= 15 is 0 Å². The highest BCUT2D eigenvalue weighted by atomic mass is 32.2. The van der Waals surface area contributed by atoms with Gasteiger partial charge >= 0.3 is 11.9 Å². The van der Waals surface area contributed by atoms with Crippen molar-refractivity contribution in [3.63, 3.8) is 0 Å². The van der Waals surface area contributed by atoms with Crippen molar-refractivity contribution in [3.8, 4) is 6.07 Å². The van der Waals surface area contributed by atoms with Crippen molar-refractivity contribution in [2.75, 3.05) is 19.1 Å². The van der Waals surface area contributed by atoms with Crippen molar-refractivity contribution in [1.29, 1.82) is 5.26 Å². The van der Waals surface area contributed by atoms with Gasteiger partial charge in [-0.15, -0.1) is 0 Å². The molecule has 1 aliphatic rings. The Hall–Kier alpha value is -4.74. The fraction of sp³-hybridized carbons (Fsp3) is 0.136. The van der Waals surface area contributed by atoms with Gasteiger partial charge in [0.05, 0.1) is 48.0 Å². The van der Waals surface area contributed by atoms with E-state index in [4.69, 9.17) is 15.2 Å². The third-order valence-corrected chi connectivity index (χ3v) is 6.17. The molecular formula is C22H18N4O9S. The second-order valence-corrected chi connectivity index (χ2v) is 8.61. The van der Waals surface area contributed by atoms with Gasteiger partial charge in [0.25, 0.3) is 15.8 Å². The molecular weight excluding hydrogens is 496 g/mol. The molecule has 1 unspecified atom stereocenters. The van der Waals surface area contributed by atoms with Crippen molar-refractivity contribution in [2.45, 2.75) is 10.8 Å². The Morgan fingerprint density at radius 2 is 1.75 bits per heavy atom. The number of benzene rings is 2. The Kier molecular flexibility index (Phi) is 7.09. The third-order valence-electron chi connectivity index (χ3n) is 5.28. The number of anilines is 1.